The summed E-state index contributed by atoms with van der Waals surface area (Å²) in [6.07, 6.45) is 0.970. The Bertz CT molecular complexity index is 469. The van der Waals surface area contributed by atoms with Gasteiger partial charge in [0.2, 0.25) is 11.6 Å². The largest absolute Gasteiger partial charge is 0.507 e. The molecule has 0 aromatic heterocycles. The van der Waals surface area contributed by atoms with Crippen LogP contribution in [0.25, 0.3) is 5.76 Å². The Morgan fingerprint density at radius 3 is 2.64 bits per heavy atom. The topological polar surface area (TPSA) is 54.4 Å². The lowest BCUT2D eigenvalue weighted by molar-refractivity contribution is -0.111. The number of hydrogen-bond donors (Lipinski definition) is 1. The van der Waals surface area contributed by atoms with Crippen LogP contribution in [-0.4, -0.2) is 16.7 Å². The zero-order valence-electron chi connectivity index (χ0n) is 7.57. The van der Waals surface area contributed by atoms with Crippen LogP contribution in [0.1, 0.15) is 21.5 Å². The van der Waals surface area contributed by atoms with Gasteiger partial charge in [-0.3, -0.25) is 9.59 Å². The van der Waals surface area contributed by atoms with E-state index in [9.17, 15) is 14.7 Å². The molecule has 0 bridgehead atoms. The van der Waals surface area contributed by atoms with Gasteiger partial charge in [0.15, 0.2) is 0 Å². The lowest BCUT2D eigenvalue weighted by atomic mass is 9.91. The smallest absolute Gasteiger partial charge is 0.233 e. The minimum atomic E-state index is -0.666. The summed E-state index contributed by atoms with van der Waals surface area (Å²) in [6.45, 7) is 1.78. The first-order valence-electron chi connectivity index (χ1n) is 4.20. The second kappa shape index (κ2) is 2.80. The lowest BCUT2D eigenvalue weighted by Gasteiger charge is -2.13. The van der Waals surface area contributed by atoms with Crippen molar-refractivity contribution in [2.75, 3.05) is 0 Å². The highest BCUT2D eigenvalue weighted by Gasteiger charge is 2.26. The van der Waals surface area contributed by atoms with E-state index in [2.05, 4.69) is 0 Å². The Kier molecular flexibility index (Phi) is 1.74. The molecule has 0 heterocycles. The molecular formula is C11H8O3. The quantitative estimate of drug-likeness (QED) is 0.630. The summed E-state index contributed by atoms with van der Waals surface area (Å²) in [4.78, 5) is 22.5. The van der Waals surface area contributed by atoms with E-state index in [0.29, 0.717) is 5.56 Å². The van der Waals surface area contributed by atoms with Crippen LogP contribution in [0.2, 0.25) is 0 Å². The number of aliphatic hydroxyl groups excluding tert-OH is 1. The molecule has 0 saturated carbocycles. The number of aliphatic hydroxyl groups is 1. The second-order valence-corrected chi connectivity index (χ2v) is 3.22. The van der Waals surface area contributed by atoms with Gasteiger partial charge in [-0.25, -0.2) is 0 Å². The van der Waals surface area contributed by atoms with Gasteiger partial charge in [-0.15, -0.1) is 0 Å². The van der Waals surface area contributed by atoms with Crippen LogP contribution >= 0.6 is 0 Å². The van der Waals surface area contributed by atoms with Crippen molar-refractivity contribution in [3.8, 4) is 0 Å². The Morgan fingerprint density at radius 2 is 1.93 bits per heavy atom. The third-order valence-corrected chi connectivity index (χ3v) is 2.27. The van der Waals surface area contributed by atoms with Crippen LogP contribution < -0.4 is 0 Å². The standard InChI is InChI=1S/C11H8O3/c1-6-3-2-4-7-10(6)8(12)5-9(13)11(7)14/h2-5,12H,1H3. The van der Waals surface area contributed by atoms with E-state index >= 15 is 0 Å². The SMILES string of the molecule is Cc1cccc2c1C(O)=CC(=O)C2=O. The normalized spacial score (nSPS) is 15.1. The molecule has 0 spiro atoms. The maximum Gasteiger partial charge on any atom is 0.233 e. The first kappa shape index (κ1) is 8.69. The number of carbonyl (C=O) groups is 2. The van der Waals surface area contributed by atoms with Gasteiger partial charge in [-0.05, 0) is 12.5 Å². The molecular weight excluding hydrogens is 180 g/mol. The Labute approximate surface area is 80.7 Å². The molecule has 0 saturated heterocycles. The summed E-state index contributed by atoms with van der Waals surface area (Å²) in [7, 11) is 0. The minimum Gasteiger partial charge on any atom is -0.507 e. The summed E-state index contributed by atoms with van der Waals surface area (Å²) in [5.74, 6) is -1.34. The van der Waals surface area contributed by atoms with Gasteiger partial charge in [0.05, 0.1) is 0 Å². The van der Waals surface area contributed by atoms with Crippen molar-refractivity contribution < 1.29 is 14.7 Å². The summed E-state index contributed by atoms with van der Waals surface area (Å²) >= 11 is 0. The van der Waals surface area contributed by atoms with Crippen molar-refractivity contribution in [3.63, 3.8) is 0 Å². The Balaban J connectivity index is 2.78. The molecule has 1 aliphatic carbocycles. The number of rotatable bonds is 0. The van der Waals surface area contributed by atoms with E-state index in [1.54, 1.807) is 25.1 Å². The second-order valence-electron chi connectivity index (χ2n) is 3.22. The third-order valence-electron chi connectivity index (χ3n) is 2.27. The fourth-order valence-electron chi connectivity index (χ4n) is 1.59. The van der Waals surface area contributed by atoms with Crippen LogP contribution in [0.15, 0.2) is 24.3 Å². The maximum atomic E-state index is 11.4. The van der Waals surface area contributed by atoms with Crippen LogP contribution in [-0.2, 0) is 4.79 Å². The van der Waals surface area contributed by atoms with Crippen molar-refractivity contribution in [1.82, 2.24) is 0 Å². The predicted molar refractivity (Wildman–Crippen MR) is 51.1 cm³/mol. The highest BCUT2D eigenvalue weighted by Crippen LogP contribution is 2.25. The van der Waals surface area contributed by atoms with E-state index < -0.39 is 11.6 Å². The number of aryl methyl sites for hydroxylation is 1. The molecule has 1 N–H and O–H groups in total. The average molecular weight is 188 g/mol. The van der Waals surface area contributed by atoms with Crippen LogP contribution in [0.5, 0.6) is 0 Å². The molecule has 1 aliphatic rings. The number of allylic oxidation sites excluding steroid dienone is 1. The molecule has 3 nitrogen and oxygen atoms in total. The summed E-state index contributed by atoms with van der Waals surface area (Å²) < 4.78 is 0. The zero-order valence-corrected chi connectivity index (χ0v) is 7.57. The molecule has 0 amide bonds. The number of benzene rings is 1. The van der Waals surface area contributed by atoms with Crippen molar-refractivity contribution in [1.29, 1.82) is 0 Å². The van der Waals surface area contributed by atoms with E-state index in [1.165, 1.54) is 0 Å². The van der Waals surface area contributed by atoms with Gasteiger partial charge in [0.25, 0.3) is 0 Å². The van der Waals surface area contributed by atoms with Crippen molar-refractivity contribution in [2.45, 2.75) is 6.92 Å². The molecule has 0 unspecified atom stereocenters. The number of ketones is 2. The number of Topliss-reactive ketones (excluding diaryl/α,β-unsaturated/α-hetero) is 1. The molecule has 70 valence electrons. The van der Waals surface area contributed by atoms with Gasteiger partial charge in [0, 0.05) is 17.2 Å². The fourth-order valence-corrected chi connectivity index (χ4v) is 1.59. The maximum absolute atomic E-state index is 11.4. The molecule has 0 fully saturated rings. The fraction of sp³-hybridized carbons (Fsp3) is 0.0909. The zero-order chi connectivity index (χ0) is 10.3. The van der Waals surface area contributed by atoms with E-state index in [-0.39, 0.29) is 11.3 Å². The summed E-state index contributed by atoms with van der Waals surface area (Å²) in [5.41, 5.74) is 1.55. The van der Waals surface area contributed by atoms with E-state index in [4.69, 9.17) is 0 Å². The summed E-state index contributed by atoms with van der Waals surface area (Å²) in [5, 5.41) is 9.52. The molecule has 1 aromatic carbocycles. The van der Waals surface area contributed by atoms with Crippen molar-refractivity contribution in [3.05, 3.63) is 41.0 Å². The van der Waals surface area contributed by atoms with Crippen LogP contribution in [0.4, 0.5) is 0 Å². The van der Waals surface area contributed by atoms with Gasteiger partial charge < -0.3 is 5.11 Å². The minimum absolute atomic E-state index is 0.122. The van der Waals surface area contributed by atoms with Crippen molar-refractivity contribution >= 4 is 17.3 Å². The Morgan fingerprint density at radius 1 is 1.21 bits per heavy atom. The van der Waals surface area contributed by atoms with Gasteiger partial charge in [0.1, 0.15) is 5.76 Å². The predicted octanol–water partition coefficient (Wildman–Crippen LogP) is 1.66. The van der Waals surface area contributed by atoms with Gasteiger partial charge >= 0.3 is 0 Å². The molecule has 0 aliphatic heterocycles. The first-order chi connectivity index (χ1) is 6.61. The van der Waals surface area contributed by atoms with Gasteiger partial charge in [-0.1, -0.05) is 18.2 Å². The average Bonchev–Trinajstić information content (AvgIpc) is 2.14. The van der Waals surface area contributed by atoms with E-state index in [1.807, 2.05) is 0 Å². The van der Waals surface area contributed by atoms with Gasteiger partial charge in [-0.2, -0.15) is 0 Å². The number of hydrogen-bond acceptors (Lipinski definition) is 3. The third kappa shape index (κ3) is 1.06. The Hall–Kier alpha value is -1.90. The first-order valence-corrected chi connectivity index (χ1v) is 4.20. The summed E-state index contributed by atoms with van der Waals surface area (Å²) in [6, 6.07) is 5.02. The molecule has 3 heteroatoms. The number of fused-ring (bicyclic) bond motifs is 1. The highest BCUT2D eigenvalue weighted by atomic mass is 16.3. The lowest BCUT2D eigenvalue weighted by Crippen LogP contribution is -2.19. The molecule has 0 atom stereocenters. The monoisotopic (exact) mass is 188 g/mol. The van der Waals surface area contributed by atoms with Crippen LogP contribution in [0, 0.1) is 6.92 Å². The molecule has 2 rings (SSSR count). The molecule has 14 heavy (non-hydrogen) atoms. The van der Waals surface area contributed by atoms with Crippen LogP contribution in [0.3, 0.4) is 0 Å². The molecule has 1 aromatic rings. The van der Waals surface area contributed by atoms with Crippen molar-refractivity contribution in [2.24, 2.45) is 0 Å². The number of carbonyl (C=O) groups excluding carboxylic acids is 2. The highest BCUT2D eigenvalue weighted by molar-refractivity contribution is 6.50. The van der Waals surface area contributed by atoms with E-state index in [0.717, 1.165) is 11.6 Å². The molecule has 0 radical (unpaired) electrons.